The highest BCUT2D eigenvalue weighted by Gasteiger charge is 2.16. The van der Waals surface area contributed by atoms with E-state index in [1.165, 1.54) is 24.3 Å². The summed E-state index contributed by atoms with van der Waals surface area (Å²) in [5.74, 6) is -1.07. The zero-order chi connectivity index (χ0) is 23.0. The summed E-state index contributed by atoms with van der Waals surface area (Å²) in [7, 11) is 0. The molecule has 0 aromatic heterocycles. The number of ether oxygens (including phenoxy) is 2. The molecule has 0 heterocycles. The van der Waals surface area contributed by atoms with E-state index in [0.717, 1.165) is 0 Å². The van der Waals surface area contributed by atoms with E-state index in [1.807, 2.05) is 0 Å². The maximum Gasteiger partial charge on any atom is 0.306 e. The first-order valence-corrected chi connectivity index (χ1v) is 9.47. The van der Waals surface area contributed by atoms with Gasteiger partial charge in [-0.2, -0.15) is 0 Å². The van der Waals surface area contributed by atoms with Crippen LogP contribution in [0.3, 0.4) is 0 Å². The SMILES string of the molecule is Cc1c(COC(=O)CCCC(=O)OCc2cccc([N+](=O)[O-])c2C)cccc1[N+](=O)[O-]. The van der Waals surface area contributed by atoms with E-state index in [2.05, 4.69) is 0 Å². The first kappa shape index (κ1) is 23.5. The number of esters is 2. The molecule has 0 aliphatic rings. The second-order valence-corrected chi connectivity index (χ2v) is 6.81. The van der Waals surface area contributed by atoms with Gasteiger partial charge in [-0.15, -0.1) is 0 Å². The van der Waals surface area contributed by atoms with Crippen LogP contribution in [-0.2, 0) is 32.3 Å². The third kappa shape index (κ3) is 6.59. The third-order valence-electron chi connectivity index (χ3n) is 4.77. The van der Waals surface area contributed by atoms with Crippen molar-refractivity contribution in [2.45, 2.75) is 46.3 Å². The van der Waals surface area contributed by atoms with Gasteiger partial charge in [0, 0.05) is 36.1 Å². The molecular formula is C21H22N2O8. The summed E-state index contributed by atoms with van der Waals surface area (Å²) in [6.45, 7) is 2.98. The Morgan fingerprint density at radius 2 is 1.16 bits per heavy atom. The van der Waals surface area contributed by atoms with Gasteiger partial charge in [-0.1, -0.05) is 24.3 Å². The van der Waals surface area contributed by atoms with Crippen molar-refractivity contribution in [2.75, 3.05) is 0 Å². The molecule has 0 amide bonds. The van der Waals surface area contributed by atoms with Crippen molar-refractivity contribution in [3.05, 3.63) is 78.9 Å². The highest BCUT2D eigenvalue weighted by Crippen LogP contribution is 2.23. The summed E-state index contributed by atoms with van der Waals surface area (Å²) >= 11 is 0. The fourth-order valence-electron chi connectivity index (χ4n) is 2.89. The Kier molecular flexibility index (Phi) is 8.18. The van der Waals surface area contributed by atoms with Crippen LogP contribution >= 0.6 is 0 Å². The van der Waals surface area contributed by atoms with E-state index in [0.29, 0.717) is 22.3 Å². The summed E-state index contributed by atoms with van der Waals surface area (Å²) < 4.78 is 10.3. The predicted octanol–water partition coefficient (Wildman–Crippen LogP) is 4.08. The van der Waals surface area contributed by atoms with E-state index in [1.54, 1.807) is 26.0 Å². The van der Waals surface area contributed by atoms with E-state index in [9.17, 15) is 29.8 Å². The van der Waals surface area contributed by atoms with Gasteiger partial charge in [0.2, 0.25) is 0 Å². The predicted molar refractivity (Wildman–Crippen MR) is 109 cm³/mol. The van der Waals surface area contributed by atoms with Gasteiger partial charge in [0.25, 0.3) is 11.4 Å². The van der Waals surface area contributed by atoms with Gasteiger partial charge in [-0.3, -0.25) is 29.8 Å². The summed E-state index contributed by atoms with van der Waals surface area (Å²) in [6.07, 6.45) is 0.178. The molecule has 10 heteroatoms. The van der Waals surface area contributed by atoms with Crippen LogP contribution in [0.25, 0.3) is 0 Å². The number of rotatable bonds is 10. The average molecular weight is 430 g/mol. The highest BCUT2D eigenvalue weighted by molar-refractivity contribution is 5.72. The molecule has 0 bridgehead atoms. The summed E-state index contributed by atoms with van der Waals surface area (Å²) in [4.78, 5) is 44.7. The normalized spacial score (nSPS) is 10.4. The van der Waals surface area contributed by atoms with Gasteiger partial charge in [0.1, 0.15) is 13.2 Å². The largest absolute Gasteiger partial charge is 0.461 e. The second-order valence-electron chi connectivity index (χ2n) is 6.81. The lowest BCUT2D eigenvalue weighted by atomic mass is 10.1. The molecule has 0 atom stereocenters. The number of nitrogens with zero attached hydrogens (tertiary/aromatic N) is 2. The number of hydrogen-bond donors (Lipinski definition) is 0. The molecule has 2 aromatic carbocycles. The molecule has 164 valence electrons. The number of carbonyl (C=O) groups is 2. The van der Waals surface area contributed by atoms with Crippen LogP contribution in [0, 0.1) is 34.1 Å². The molecule has 0 aliphatic heterocycles. The van der Waals surface area contributed by atoms with Crippen molar-refractivity contribution in [1.29, 1.82) is 0 Å². The molecule has 0 saturated carbocycles. The Balaban J connectivity index is 1.75. The summed E-state index contributed by atoms with van der Waals surface area (Å²) in [5, 5.41) is 21.9. The Morgan fingerprint density at radius 1 is 0.774 bits per heavy atom. The Labute approximate surface area is 178 Å². The number of nitro groups is 2. The van der Waals surface area contributed by atoms with Crippen molar-refractivity contribution >= 4 is 23.3 Å². The van der Waals surface area contributed by atoms with Crippen LogP contribution in [0.1, 0.15) is 41.5 Å². The van der Waals surface area contributed by atoms with Crippen LogP contribution in [0.15, 0.2) is 36.4 Å². The minimum atomic E-state index is -0.534. The molecule has 31 heavy (non-hydrogen) atoms. The minimum absolute atomic E-state index is 0.0150. The smallest absolute Gasteiger partial charge is 0.306 e. The number of hydrogen-bond acceptors (Lipinski definition) is 8. The van der Waals surface area contributed by atoms with Crippen LogP contribution in [0.5, 0.6) is 0 Å². The molecule has 0 saturated heterocycles. The van der Waals surface area contributed by atoms with Crippen LogP contribution in [0.4, 0.5) is 11.4 Å². The van der Waals surface area contributed by atoms with Crippen molar-refractivity contribution in [1.82, 2.24) is 0 Å². The molecular weight excluding hydrogens is 408 g/mol. The molecule has 0 unspecified atom stereocenters. The molecule has 0 aliphatic carbocycles. The third-order valence-corrected chi connectivity index (χ3v) is 4.77. The molecule has 2 rings (SSSR count). The lowest BCUT2D eigenvalue weighted by Crippen LogP contribution is -2.09. The Morgan fingerprint density at radius 3 is 1.52 bits per heavy atom. The van der Waals surface area contributed by atoms with Gasteiger partial charge >= 0.3 is 11.9 Å². The average Bonchev–Trinajstić information content (AvgIpc) is 2.71. The number of carbonyl (C=O) groups excluding carboxylic acids is 2. The lowest BCUT2D eigenvalue weighted by molar-refractivity contribution is -0.385. The molecule has 0 fully saturated rings. The first-order valence-electron chi connectivity index (χ1n) is 9.47. The van der Waals surface area contributed by atoms with E-state index >= 15 is 0 Å². The fraction of sp³-hybridized carbons (Fsp3) is 0.333. The van der Waals surface area contributed by atoms with Crippen LogP contribution in [0.2, 0.25) is 0 Å². The van der Waals surface area contributed by atoms with Crippen molar-refractivity contribution < 1.29 is 28.9 Å². The standard InChI is InChI=1S/C21H22N2O8/c1-14-16(6-3-8-18(14)22(26)27)12-30-20(24)10-5-11-21(25)31-13-17-7-4-9-19(15(17)2)23(28)29/h3-4,6-9H,5,10-13H2,1-2H3. The lowest BCUT2D eigenvalue weighted by Gasteiger charge is -2.09. The maximum absolute atomic E-state index is 11.9. The van der Waals surface area contributed by atoms with E-state index in [-0.39, 0.29) is 43.9 Å². The molecule has 2 aromatic rings. The van der Waals surface area contributed by atoms with E-state index < -0.39 is 21.8 Å². The molecule has 10 nitrogen and oxygen atoms in total. The van der Waals surface area contributed by atoms with Gasteiger partial charge in [-0.25, -0.2) is 0 Å². The summed E-state index contributed by atoms with van der Waals surface area (Å²) in [6, 6.07) is 9.08. The molecule has 0 radical (unpaired) electrons. The Bertz CT molecular complexity index is 923. The molecule has 0 N–H and O–H groups in total. The quantitative estimate of drug-likeness (QED) is 0.312. The number of nitro benzene ring substituents is 2. The van der Waals surface area contributed by atoms with Gasteiger partial charge in [0.15, 0.2) is 0 Å². The van der Waals surface area contributed by atoms with Crippen molar-refractivity contribution in [3.8, 4) is 0 Å². The Hall–Kier alpha value is -3.82. The van der Waals surface area contributed by atoms with Gasteiger partial charge < -0.3 is 9.47 Å². The monoisotopic (exact) mass is 430 g/mol. The van der Waals surface area contributed by atoms with Crippen molar-refractivity contribution in [2.24, 2.45) is 0 Å². The fourth-order valence-corrected chi connectivity index (χ4v) is 2.89. The van der Waals surface area contributed by atoms with E-state index in [4.69, 9.17) is 9.47 Å². The zero-order valence-electron chi connectivity index (χ0n) is 17.2. The summed E-state index contributed by atoms with van der Waals surface area (Å²) in [5.41, 5.74) is 1.84. The highest BCUT2D eigenvalue weighted by atomic mass is 16.6. The first-order chi connectivity index (χ1) is 14.7. The molecule has 0 spiro atoms. The zero-order valence-corrected chi connectivity index (χ0v) is 17.2. The number of benzene rings is 2. The minimum Gasteiger partial charge on any atom is -0.461 e. The van der Waals surface area contributed by atoms with Crippen LogP contribution in [-0.4, -0.2) is 21.8 Å². The van der Waals surface area contributed by atoms with Crippen LogP contribution < -0.4 is 0 Å². The topological polar surface area (TPSA) is 139 Å². The second kappa shape index (κ2) is 10.8. The van der Waals surface area contributed by atoms with Gasteiger partial charge in [-0.05, 0) is 31.4 Å². The van der Waals surface area contributed by atoms with Crippen molar-refractivity contribution in [3.63, 3.8) is 0 Å². The van der Waals surface area contributed by atoms with Gasteiger partial charge in [0.05, 0.1) is 9.85 Å². The maximum atomic E-state index is 11.9.